The first kappa shape index (κ1) is 21.3. The van der Waals surface area contributed by atoms with Crippen LogP contribution >= 0.6 is 11.6 Å². The fourth-order valence-electron chi connectivity index (χ4n) is 4.10. The molecule has 4 aromatic rings. The highest BCUT2D eigenvalue weighted by Crippen LogP contribution is 2.29. The van der Waals surface area contributed by atoms with Crippen LogP contribution in [0.4, 0.5) is 4.39 Å². The molecule has 2 N–H and O–H groups in total. The largest absolute Gasteiger partial charge is 0.481 e. The predicted octanol–water partition coefficient (Wildman–Crippen LogP) is 5.50. The van der Waals surface area contributed by atoms with Gasteiger partial charge in [-0.2, -0.15) is 0 Å². The summed E-state index contributed by atoms with van der Waals surface area (Å²) in [5, 5.41) is 9.67. The first-order chi connectivity index (χ1) is 16.0. The van der Waals surface area contributed by atoms with Gasteiger partial charge in [-0.05, 0) is 56.0 Å². The number of carboxylic acids is 1. The third kappa shape index (κ3) is 4.52. The van der Waals surface area contributed by atoms with Crippen LogP contribution in [0.25, 0.3) is 33.7 Å². The van der Waals surface area contributed by atoms with Crippen molar-refractivity contribution in [3.63, 3.8) is 0 Å². The van der Waals surface area contributed by atoms with Crippen LogP contribution in [0.15, 0.2) is 48.8 Å². The highest BCUT2D eigenvalue weighted by molar-refractivity contribution is 6.31. The summed E-state index contributed by atoms with van der Waals surface area (Å²) in [4.78, 5) is 27.3. The lowest BCUT2D eigenvalue weighted by Crippen LogP contribution is -2.28. The average molecular weight is 467 g/mol. The molecule has 0 aliphatic heterocycles. The van der Waals surface area contributed by atoms with Gasteiger partial charge >= 0.3 is 5.97 Å². The summed E-state index contributed by atoms with van der Waals surface area (Å²) in [6.45, 7) is 0. The maximum atomic E-state index is 14.9. The van der Waals surface area contributed by atoms with E-state index in [0.717, 1.165) is 5.52 Å². The topological polar surface area (TPSA) is 101 Å². The lowest BCUT2D eigenvalue weighted by molar-refractivity contribution is -0.143. The van der Waals surface area contributed by atoms with Crippen LogP contribution in [0.2, 0.25) is 5.02 Å². The van der Waals surface area contributed by atoms with Crippen molar-refractivity contribution >= 4 is 28.6 Å². The Balaban J connectivity index is 1.29. The van der Waals surface area contributed by atoms with Crippen molar-refractivity contribution in [1.82, 2.24) is 19.9 Å². The highest BCUT2D eigenvalue weighted by atomic mass is 35.5. The molecule has 0 saturated heterocycles. The van der Waals surface area contributed by atoms with Crippen LogP contribution in [-0.4, -0.2) is 37.1 Å². The molecule has 1 aliphatic carbocycles. The standard InChI is InChI=1S/C24H20ClFN4O3/c25-15-4-8-19-20(10-15)30-23(29-19)17-7-3-14(9-18(17)26)21-11-28-22(12-27-21)33-16-5-1-13(2-6-16)24(31)32/h3-4,7-13,16H,1-2,5-6H2,(H,29,30)(H,31,32)/t13-,16+. The van der Waals surface area contributed by atoms with E-state index in [4.69, 9.17) is 21.4 Å². The van der Waals surface area contributed by atoms with Gasteiger partial charge < -0.3 is 14.8 Å². The maximum absolute atomic E-state index is 14.9. The monoisotopic (exact) mass is 466 g/mol. The van der Waals surface area contributed by atoms with Gasteiger partial charge in [-0.25, -0.2) is 19.3 Å². The van der Waals surface area contributed by atoms with Crippen LogP contribution in [0.5, 0.6) is 5.88 Å². The number of nitrogens with zero attached hydrogens (tertiary/aromatic N) is 3. The number of aromatic amines is 1. The van der Waals surface area contributed by atoms with Crippen molar-refractivity contribution in [1.29, 1.82) is 0 Å². The number of hydrogen-bond donors (Lipinski definition) is 2. The fraction of sp³-hybridized carbons (Fsp3) is 0.250. The molecule has 7 nitrogen and oxygen atoms in total. The number of benzene rings is 2. The molecule has 168 valence electrons. The van der Waals surface area contributed by atoms with Gasteiger partial charge in [0.1, 0.15) is 17.7 Å². The van der Waals surface area contributed by atoms with E-state index in [1.807, 2.05) is 0 Å². The number of aromatic nitrogens is 4. The lowest BCUT2D eigenvalue weighted by atomic mass is 9.87. The molecule has 2 aromatic heterocycles. The van der Waals surface area contributed by atoms with Gasteiger partial charge in [0.15, 0.2) is 0 Å². The Labute approximate surface area is 193 Å². The lowest BCUT2D eigenvalue weighted by Gasteiger charge is -2.26. The van der Waals surface area contributed by atoms with Crippen LogP contribution in [0.3, 0.4) is 0 Å². The van der Waals surface area contributed by atoms with E-state index in [2.05, 4.69) is 19.9 Å². The van der Waals surface area contributed by atoms with Gasteiger partial charge in [0.2, 0.25) is 5.88 Å². The molecule has 0 bridgehead atoms. The van der Waals surface area contributed by atoms with Crippen molar-refractivity contribution in [2.24, 2.45) is 5.92 Å². The molecule has 2 heterocycles. The van der Waals surface area contributed by atoms with Crippen LogP contribution in [0.1, 0.15) is 25.7 Å². The number of H-pyrrole nitrogens is 1. The van der Waals surface area contributed by atoms with Gasteiger partial charge in [0.25, 0.3) is 0 Å². The van der Waals surface area contributed by atoms with E-state index in [1.54, 1.807) is 30.3 Å². The number of carboxylic acid groups (broad SMARTS) is 1. The zero-order chi connectivity index (χ0) is 22.9. The number of fused-ring (bicyclic) bond motifs is 1. The summed E-state index contributed by atoms with van der Waals surface area (Å²) in [5.41, 5.74) is 2.88. The summed E-state index contributed by atoms with van der Waals surface area (Å²) >= 11 is 6.01. The molecule has 0 atom stereocenters. The molecule has 0 amide bonds. The molecular formula is C24H20ClFN4O3. The summed E-state index contributed by atoms with van der Waals surface area (Å²) in [6, 6.07) is 10.1. The third-order valence-corrected chi connectivity index (χ3v) is 6.14. The van der Waals surface area contributed by atoms with Gasteiger partial charge in [0, 0.05) is 10.6 Å². The Kier molecular flexibility index (Phi) is 5.68. The predicted molar refractivity (Wildman–Crippen MR) is 122 cm³/mol. The number of hydrogen-bond acceptors (Lipinski definition) is 5. The third-order valence-electron chi connectivity index (χ3n) is 5.90. The molecule has 9 heteroatoms. The minimum atomic E-state index is -0.749. The maximum Gasteiger partial charge on any atom is 0.306 e. The second-order valence-electron chi connectivity index (χ2n) is 8.11. The van der Waals surface area contributed by atoms with Crippen LogP contribution in [0, 0.1) is 11.7 Å². The van der Waals surface area contributed by atoms with E-state index >= 15 is 0 Å². The van der Waals surface area contributed by atoms with E-state index in [9.17, 15) is 9.18 Å². The Morgan fingerprint density at radius 3 is 2.61 bits per heavy atom. The summed E-state index contributed by atoms with van der Waals surface area (Å²) in [5.74, 6) is -0.691. The molecule has 0 spiro atoms. The number of rotatable bonds is 5. The zero-order valence-electron chi connectivity index (χ0n) is 17.5. The van der Waals surface area contributed by atoms with E-state index in [0.29, 0.717) is 64.7 Å². The smallest absolute Gasteiger partial charge is 0.306 e. The first-order valence-corrected chi connectivity index (χ1v) is 11.0. The molecule has 2 aromatic carbocycles. The fourth-order valence-corrected chi connectivity index (χ4v) is 4.27. The Morgan fingerprint density at radius 2 is 1.91 bits per heavy atom. The quantitative estimate of drug-likeness (QED) is 0.402. The Bertz CT molecular complexity index is 1320. The number of nitrogens with one attached hydrogen (secondary N) is 1. The van der Waals surface area contributed by atoms with E-state index in [-0.39, 0.29) is 12.0 Å². The molecule has 0 unspecified atom stereocenters. The van der Waals surface area contributed by atoms with Crippen molar-refractivity contribution in [3.05, 3.63) is 59.6 Å². The Morgan fingerprint density at radius 1 is 1.09 bits per heavy atom. The van der Waals surface area contributed by atoms with Gasteiger partial charge in [-0.3, -0.25) is 4.79 Å². The van der Waals surface area contributed by atoms with E-state index in [1.165, 1.54) is 18.5 Å². The summed E-state index contributed by atoms with van der Waals surface area (Å²) in [6.07, 6.45) is 5.49. The Hall–Kier alpha value is -3.52. The van der Waals surface area contributed by atoms with Crippen molar-refractivity contribution < 1.29 is 19.0 Å². The number of imidazole rings is 1. The van der Waals surface area contributed by atoms with Crippen LogP contribution < -0.4 is 4.74 Å². The molecule has 33 heavy (non-hydrogen) atoms. The van der Waals surface area contributed by atoms with Crippen molar-refractivity contribution in [2.45, 2.75) is 31.8 Å². The normalized spacial score (nSPS) is 18.4. The SMILES string of the molecule is O=C(O)[C@H]1CC[C@@H](Oc2cnc(-c3ccc(-c4nc5ccc(Cl)cc5[nH]4)c(F)c3)cn2)CC1. The number of carbonyl (C=O) groups is 1. The average Bonchev–Trinajstić information content (AvgIpc) is 3.22. The van der Waals surface area contributed by atoms with Gasteiger partial charge in [-0.1, -0.05) is 17.7 Å². The minimum Gasteiger partial charge on any atom is -0.481 e. The van der Waals surface area contributed by atoms with Crippen molar-refractivity contribution in [3.8, 4) is 28.5 Å². The summed E-state index contributed by atoms with van der Waals surface area (Å²) in [7, 11) is 0. The van der Waals surface area contributed by atoms with Gasteiger partial charge in [-0.15, -0.1) is 0 Å². The second kappa shape index (κ2) is 8.78. The minimum absolute atomic E-state index is 0.0730. The molecule has 0 radical (unpaired) electrons. The number of aliphatic carboxylic acids is 1. The van der Waals surface area contributed by atoms with Crippen molar-refractivity contribution in [2.75, 3.05) is 0 Å². The molecule has 1 aliphatic rings. The molecule has 1 fully saturated rings. The highest BCUT2D eigenvalue weighted by Gasteiger charge is 2.27. The molecule has 5 rings (SSSR count). The molecule has 1 saturated carbocycles. The summed E-state index contributed by atoms with van der Waals surface area (Å²) < 4.78 is 20.8. The molecular weight excluding hydrogens is 447 g/mol. The van der Waals surface area contributed by atoms with Crippen LogP contribution in [-0.2, 0) is 4.79 Å². The number of ether oxygens (including phenoxy) is 1. The number of halogens is 2. The van der Waals surface area contributed by atoms with E-state index < -0.39 is 11.8 Å². The second-order valence-corrected chi connectivity index (χ2v) is 8.55. The van der Waals surface area contributed by atoms with Gasteiger partial charge in [0.05, 0.1) is 40.6 Å². The zero-order valence-corrected chi connectivity index (χ0v) is 18.2. The first-order valence-electron chi connectivity index (χ1n) is 10.6.